The van der Waals surface area contributed by atoms with Crippen LogP contribution in [-0.2, 0) is 0 Å². The molecular weight excluding hydrogens is 69.0 g/mol. The second-order valence-corrected chi connectivity index (χ2v) is 0.745. The third kappa shape index (κ3) is 3.42. The molecule has 2 heteroatoms. The van der Waals surface area contributed by atoms with Crippen molar-refractivity contribution in [1.82, 2.24) is 0 Å². The summed E-state index contributed by atoms with van der Waals surface area (Å²) in [6.07, 6.45) is -1.31. The van der Waals surface area contributed by atoms with E-state index in [9.17, 15) is 4.39 Å². The first-order chi connectivity index (χ1) is 2.27. The fourth-order valence-electron chi connectivity index (χ4n) is 0. The maximum absolute atomic E-state index is 11.1. The molecule has 0 aromatic heterocycles. The molecule has 0 amide bonds. The van der Waals surface area contributed by atoms with Gasteiger partial charge in [-0.05, 0) is 6.92 Å². The fraction of sp³-hybridized carbons (Fsp3) is 0.667. The van der Waals surface area contributed by atoms with Crippen molar-refractivity contribution in [3.05, 3.63) is 0 Å². The van der Waals surface area contributed by atoms with Crippen LogP contribution in [0.25, 0.3) is 0 Å². The van der Waals surface area contributed by atoms with Gasteiger partial charge in [-0.15, -0.1) is 0 Å². The van der Waals surface area contributed by atoms with E-state index in [0.717, 1.165) is 0 Å². The topological polar surface area (TPSA) is 23.8 Å². The Morgan fingerprint density at radius 2 is 2.20 bits per heavy atom. The Labute approximate surface area is 30.0 Å². The van der Waals surface area contributed by atoms with Gasteiger partial charge in [-0.3, -0.25) is 0 Å². The second-order valence-electron chi connectivity index (χ2n) is 0.745. The van der Waals surface area contributed by atoms with Crippen LogP contribution in [0, 0.1) is 11.3 Å². The largest absolute Gasteiger partial charge is 0.231 e. The molecule has 0 aromatic rings. The van der Waals surface area contributed by atoms with Gasteiger partial charge in [0, 0.05) is 0 Å². The quantitative estimate of drug-likeness (QED) is 0.417. The molecule has 1 nitrogen and oxygen atoms in total. The molecule has 0 aliphatic heterocycles. The highest BCUT2D eigenvalue weighted by molar-refractivity contribution is 4.76. The summed E-state index contributed by atoms with van der Waals surface area (Å²) in [7, 11) is 0. The van der Waals surface area contributed by atoms with E-state index < -0.39 is 6.17 Å². The van der Waals surface area contributed by atoms with E-state index in [1.165, 1.54) is 13.0 Å². The maximum atomic E-state index is 11.1. The number of nitriles is 1. The van der Waals surface area contributed by atoms with Crippen molar-refractivity contribution in [3.8, 4) is 6.07 Å². The molecule has 0 aromatic carbocycles. The Morgan fingerprint density at radius 3 is 2.20 bits per heavy atom. The minimum Gasteiger partial charge on any atom is -0.231 e. The molecule has 0 spiro atoms. The van der Waals surface area contributed by atoms with Gasteiger partial charge < -0.3 is 0 Å². The average Bonchev–Trinajstić information content (AvgIpc) is 1.38. The number of alkyl halides is 1. The molecule has 0 heterocycles. The molecule has 0 radical (unpaired) electrons. The summed E-state index contributed by atoms with van der Waals surface area (Å²) in [5, 5.41) is 7.52. The van der Waals surface area contributed by atoms with E-state index in [1.807, 2.05) is 0 Å². The molecule has 0 aliphatic carbocycles. The predicted molar refractivity (Wildman–Crippen MR) is 16.2 cm³/mol. The lowest BCUT2D eigenvalue weighted by Crippen LogP contribution is -1.79. The smallest absolute Gasteiger partial charge is 0.183 e. The molecular formula is C3H4FN. The van der Waals surface area contributed by atoms with Crippen LogP contribution in [0.4, 0.5) is 4.39 Å². The van der Waals surface area contributed by atoms with Gasteiger partial charge in [-0.1, -0.05) is 0 Å². The van der Waals surface area contributed by atoms with Gasteiger partial charge in [0.25, 0.3) is 0 Å². The predicted octanol–water partition coefficient (Wildman–Crippen LogP) is 0.868. The van der Waals surface area contributed by atoms with Crippen LogP contribution in [-0.4, -0.2) is 6.17 Å². The zero-order valence-corrected chi connectivity index (χ0v) is 2.90. The van der Waals surface area contributed by atoms with E-state index in [1.54, 1.807) is 0 Å². The lowest BCUT2D eigenvalue weighted by Gasteiger charge is -1.71. The zero-order chi connectivity index (χ0) is 4.28. The van der Waals surface area contributed by atoms with Gasteiger partial charge in [0.15, 0.2) is 6.17 Å². The van der Waals surface area contributed by atoms with Gasteiger partial charge in [0.1, 0.15) is 0 Å². The monoisotopic (exact) mass is 73.0 g/mol. The third-order valence-electron chi connectivity index (χ3n) is 0.178. The Kier molecular flexibility index (Phi) is 1.51. The first kappa shape index (κ1) is 4.42. The molecule has 1 atom stereocenters. The van der Waals surface area contributed by atoms with Crippen LogP contribution < -0.4 is 0 Å². The molecule has 1 unspecified atom stereocenters. The van der Waals surface area contributed by atoms with Crippen molar-refractivity contribution in [2.45, 2.75) is 13.1 Å². The molecule has 0 rings (SSSR count). The van der Waals surface area contributed by atoms with E-state index in [2.05, 4.69) is 0 Å². The van der Waals surface area contributed by atoms with Gasteiger partial charge in [-0.2, -0.15) is 5.26 Å². The van der Waals surface area contributed by atoms with Crippen molar-refractivity contribution in [1.29, 1.82) is 5.26 Å². The van der Waals surface area contributed by atoms with Crippen LogP contribution in [0.1, 0.15) is 6.92 Å². The highest BCUT2D eigenvalue weighted by atomic mass is 19.1. The van der Waals surface area contributed by atoms with Crippen LogP contribution in [0.2, 0.25) is 0 Å². The molecule has 0 saturated carbocycles. The Hall–Kier alpha value is -0.580. The van der Waals surface area contributed by atoms with Crippen LogP contribution in [0.5, 0.6) is 0 Å². The van der Waals surface area contributed by atoms with Crippen molar-refractivity contribution < 1.29 is 4.39 Å². The highest BCUT2D eigenvalue weighted by Gasteiger charge is 1.84. The van der Waals surface area contributed by atoms with Gasteiger partial charge >= 0.3 is 0 Å². The summed E-state index contributed by atoms with van der Waals surface area (Å²) in [4.78, 5) is 0. The van der Waals surface area contributed by atoms with Gasteiger partial charge in [0.05, 0.1) is 6.07 Å². The number of halogens is 1. The maximum Gasteiger partial charge on any atom is 0.183 e. The summed E-state index contributed by atoms with van der Waals surface area (Å²) >= 11 is 0. The van der Waals surface area contributed by atoms with Crippen LogP contribution in [0.15, 0.2) is 0 Å². The second kappa shape index (κ2) is 1.71. The standard InChI is InChI=1S/C3H4FN/c1-3(4)2-5/h3H,1H3. The molecule has 28 valence electrons. The minimum absolute atomic E-state index is 1.19. The fourth-order valence-corrected chi connectivity index (χ4v) is 0. The molecule has 0 bridgehead atoms. The van der Waals surface area contributed by atoms with Crippen molar-refractivity contribution >= 4 is 0 Å². The van der Waals surface area contributed by atoms with Crippen molar-refractivity contribution in [2.75, 3.05) is 0 Å². The summed E-state index contributed by atoms with van der Waals surface area (Å²) in [6.45, 7) is 1.19. The van der Waals surface area contributed by atoms with E-state index >= 15 is 0 Å². The lowest BCUT2D eigenvalue weighted by atomic mass is 10.5. The lowest BCUT2D eigenvalue weighted by molar-refractivity contribution is 0.439. The number of nitrogens with zero attached hydrogens (tertiary/aromatic N) is 1. The van der Waals surface area contributed by atoms with Crippen LogP contribution in [0.3, 0.4) is 0 Å². The van der Waals surface area contributed by atoms with E-state index in [0.29, 0.717) is 0 Å². The Bertz CT molecular complexity index is 52.4. The van der Waals surface area contributed by atoms with Crippen molar-refractivity contribution in [3.63, 3.8) is 0 Å². The molecule has 0 fully saturated rings. The number of rotatable bonds is 0. The highest BCUT2D eigenvalue weighted by Crippen LogP contribution is 1.78. The Morgan fingerprint density at radius 1 is 2.00 bits per heavy atom. The minimum atomic E-state index is -1.31. The zero-order valence-electron chi connectivity index (χ0n) is 2.90. The third-order valence-corrected chi connectivity index (χ3v) is 0.178. The summed E-state index contributed by atoms with van der Waals surface area (Å²) < 4.78 is 11.1. The SMILES string of the molecule is CC(F)C#N. The number of hydrogen-bond acceptors (Lipinski definition) is 1. The molecule has 0 N–H and O–H groups in total. The molecule has 0 aliphatic rings. The molecule has 5 heavy (non-hydrogen) atoms. The van der Waals surface area contributed by atoms with Crippen LogP contribution >= 0.6 is 0 Å². The summed E-state index contributed by atoms with van der Waals surface area (Å²) in [5.41, 5.74) is 0. The van der Waals surface area contributed by atoms with Crippen molar-refractivity contribution in [2.24, 2.45) is 0 Å². The normalized spacial score (nSPS) is 13.0. The summed E-state index contributed by atoms with van der Waals surface area (Å²) in [6, 6.07) is 1.36. The average molecular weight is 73.1 g/mol. The number of hydrogen-bond donors (Lipinski definition) is 0. The van der Waals surface area contributed by atoms with Gasteiger partial charge in [-0.25, -0.2) is 4.39 Å². The van der Waals surface area contributed by atoms with E-state index in [4.69, 9.17) is 5.26 Å². The van der Waals surface area contributed by atoms with Gasteiger partial charge in [0.2, 0.25) is 0 Å². The first-order valence-electron chi connectivity index (χ1n) is 1.31. The van der Waals surface area contributed by atoms with E-state index in [-0.39, 0.29) is 0 Å². The Balaban J connectivity index is 2.94. The summed E-state index contributed by atoms with van der Waals surface area (Å²) in [5.74, 6) is 0. The first-order valence-corrected chi connectivity index (χ1v) is 1.31. The molecule has 0 saturated heterocycles.